The minimum absolute atomic E-state index is 0.0444. The molecule has 0 saturated carbocycles. The lowest BCUT2D eigenvalue weighted by molar-refractivity contribution is -0.113. The Hall–Kier alpha value is -0.130. The highest BCUT2D eigenvalue weighted by Gasteiger charge is 2.02. The van der Waals surface area contributed by atoms with Crippen molar-refractivity contribution >= 4 is 49.9 Å². The second-order valence-electron chi connectivity index (χ2n) is 1.65. The van der Waals surface area contributed by atoms with Crippen LogP contribution < -0.4 is 5.32 Å². The van der Waals surface area contributed by atoms with Gasteiger partial charge in [0.25, 0.3) is 0 Å². The van der Waals surface area contributed by atoms with Gasteiger partial charge in [0.1, 0.15) is 5.88 Å². The van der Waals surface area contributed by atoms with Crippen LogP contribution in [0.15, 0.2) is 9.98 Å². The highest BCUT2D eigenvalue weighted by Crippen LogP contribution is 2.22. The van der Waals surface area contributed by atoms with Crippen LogP contribution in [-0.2, 0) is 4.79 Å². The highest BCUT2D eigenvalue weighted by molar-refractivity contribution is 9.11. The maximum atomic E-state index is 10.7. The van der Waals surface area contributed by atoms with E-state index in [-0.39, 0.29) is 11.8 Å². The Kier molecular flexibility index (Phi) is 3.29. The molecule has 1 aromatic heterocycles. The molecule has 1 rings (SSSR count). The van der Waals surface area contributed by atoms with Crippen LogP contribution in [0.4, 0.5) is 5.13 Å². The zero-order valence-electron chi connectivity index (χ0n) is 5.30. The van der Waals surface area contributed by atoms with Crippen molar-refractivity contribution in [1.29, 1.82) is 0 Å². The van der Waals surface area contributed by atoms with E-state index >= 15 is 0 Å². The van der Waals surface area contributed by atoms with E-state index in [4.69, 9.17) is 11.6 Å². The summed E-state index contributed by atoms with van der Waals surface area (Å²) in [5.74, 6) is -0.287. The van der Waals surface area contributed by atoms with Crippen molar-refractivity contribution in [2.75, 3.05) is 11.2 Å². The summed E-state index contributed by atoms with van der Waals surface area (Å²) in [4.78, 5) is 14.6. The molecular weight excluding hydrogens is 251 g/mol. The van der Waals surface area contributed by atoms with Crippen molar-refractivity contribution < 1.29 is 4.79 Å². The molecule has 0 saturated heterocycles. The number of alkyl halides is 1. The predicted molar refractivity (Wildman–Crippen MR) is 49.2 cm³/mol. The molecule has 1 heterocycles. The number of thiazole rings is 1. The summed E-state index contributed by atoms with van der Waals surface area (Å²) in [6.45, 7) is 0. The second-order valence-corrected chi connectivity index (χ2v) is 4.33. The van der Waals surface area contributed by atoms with Gasteiger partial charge in [-0.05, 0) is 15.9 Å². The summed E-state index contributed by atoms with van der Waals surface area (Å²) >= 11 is 9.82. The van der Waals surface area contributed by atoms with E-state index in [0.29, 0.717) is 5.13 Å². The molecular formula is C5H4BrClN2OS. The lowest BCUT2D eigenvalue weighted by Gasteiger charge is -1.93. The predicted octanol–water partition coefficient (Wildman–Crippen LogP) is 2.08. The van der Waals surface area contributed by atoms with Crippen molar-refractivity contribution in [3.8, 4) is 0 Å². The molecule has 0 aliphatic rings. The average molecular weight is 256 g/mol. The van der Waals surface area contributed by atoms with Gasteiger partial charge in [-0.1, -0.05) is 11.3 Å². The summed E-state index contributed by atoms with van der Waals surface area (Å²) < 4.78 is 0.877. The Balaban J connectivity index is 2.57. The van der Waals surface area contributed by atoms with Crippen molar-refractivity contribution in [2.24, 2.45) is 0 Å². The molecule has 0 atom stereocenters. The Morgan fingerprint density at radius 3 is 3.09 bits per heavy atom. The smallest absolute Gasteiger partial charge is 0.241 e. The summed E-state index contributed by atoms with van der Waals surface area (Å²) in [5.41, 5.74) is 0. The molecule has 3 nitrogen and oxygen atoms in total. The summed E-state index contributed by atoms with van der Waals surface area (Å²) in [5, 5.41) is 3.08. The van der Waals surface area contributed by atoms with Crippen LogP contribution in [0.2, 0.25) is 0 Å². The second kappa shape index (κ2) is 4.04. The van der Waals surface area contributed by atoms with E-state index in [2.05, 4.69) is 26.2 Å². The van der Waals surface area contributed by atoms with Gasteiger partial charge < -0.3 is 5.32 Å². The van der Waals surface area contributed by atoms with E-state index < -0.39 is 0 Å². The molecule has 6 heteroatoms. The highest BCUT2D eigenvalue weighted by atomic mass is 79.9. The van der Waals surface area contributed by atoms with E-state index in [0.717, 1.165) is 3.79 Å². The van der Waals surface area contributed by atoms with Crippen molar-refractivity contribution in [2.45, 2.75) is 0 Å². The third kappa shape index (κ3) is 2.76. The first-order valence-electron chi connectivity index (χ1n) is 2.69. The van der Waals surface area contributed by atoms with Gasteiger partial charge in [0, 0.05) is 0 Å². The van der Waals surface area contributed by atoms with Crippen molar-refractivity contribution in [3.05, 3.63) is 9.98 Å². The fourth-order valence-corrected chi connectivity index (χ4v) is 1.65. The van der Waals surface area contributed by atoms with Crippen molar-refractivity contribution in [1.82, 2.24) is 4.98 Å². The van der Waals surface area contributed by atoms with E-state index in [9.17, 15) is 4.79 Å². The van der Waals surface area contributed by atoms with Crippen LogP contribution in [0.1, 0.15) is 0 Å². The van der Waals surface area contributed by atoms with Gasteiger partial charge in [-0.25, -0.2) is 4.98 Å². The first-order chi connectivity index (χ1) is 5.22. The number of rotatable bonds is 2. The summed E-state index contributed by atoms with van der Waals surface area (Å²) in [6, 6.07) is 0. The number of hydrogen-bond donors (Lipinski definition) is 1. The van der Waals surface area contributed by atoms with Gasteiger partial charge in [-0.3, -0.25) is 4.79 Å². The molecule has 0 bridgehead atoms. The Bertz CT molecular complexity index is 265. The number of carbonyl (C=O) groups is 1. The maximum Gasteiger partial charge on any atom is 0.241 e. The number of carbonyl (C=O) groups excluding carboxylic acids is 1. The van der Waals surface area contributed by atoms with Gasteiger partial charge in [0.15, 0.2) is 5.13 Å². The van der Waals surface area contributed by atoms with Crippen LogP contribution in [0.25, 0.3) is 0 Å². The van der Waals surface area contributed by atoms with Gasteiger partial charge in [0.05, 0.1) is 9.98 Å². The minimum Gasteiger partial charge on any atom is -0.301 e. The molecule has 0 aromatic carbocycles. The molecule has 1 N–H and O–H groups in total. The van der Waals surface area contributed by atoms with Gasteiger partial charge in [-0.15, -0.1) is 11.6 Å². The van der Waals surface area contributed by atoms with E-state index in [1.165, 1.54) is 11.3 Å². The normalized spacial score (nSPS) is 9.64. The number of anilines is 1. The van der Waals surface area contributed by atoms with Crippen LogP contribution in [0, 0.1) is 0 Å². The quantitative estimate of drug-likeness (QED) is 0.822. The Morgan fingerprint density at radius 2 is 2.64 bits per heavy atom. The number of halogens is 2. The Labute approximate surface area is 80.9 Å². The third-order valence-corrected chi connectivity index (χ3v) is 2.48. The lowest BCUT2D eigenvalue weighted by atomic mass is 10.7. The first kappa shape index (κ1) is 8.96. The summed E-state index contributed by atoms with van der Waals surface area (Å²) in [7, 11) is 0. The van der Waals surface area contributed by atoms with Gasteiger partial charge >= 0.3 is 0 Å². The molecule has 0 radical (unpaired) electrons. The minimum atomic E-state index is -0.242. The van der Waals surface area contributed by atoms with Crippen LogP contribution >= 0.6 is 38.9 Å². The molecule has 60 valence electrons. The van der Waals surface area contributed by atoms with Gasteiger partial charge in [-0.2, -0.15) is 0 Å². The fourth-order valence-electron chi connectivity index (χ4n) is 0.465. The van der Waals surface area contributed by atoms with E-state index in [1.807, 2.05) is 0 Å². The SMILES string of the molecule is O=C(CCl)Nc1ncc(Br)s1. The Morgan fingerprint density at radius 1 is 1.91 bits per heavy atom. The van der Waals surface area contributed by atoms with Crippen molar-refractivity contribution in [3.63, 3.8) is 0 Å². The monoisotopic (exact) mass is 254 g/mol. The zero-order valence-corrected chi connectivity index (χ0v) is 8.46. The molecule has 0 fully saturated rings. The lowest BCUT2D eigenvalue weighted by Crippen LogP contribution is -2.11. The summed E-state index contributed by atoms with van der Waals surface area (Å²) in [6.07, 6.45) is 1.62. The molecule has 11 heavy (non-hydrogen) atoms. The molecule has 0 spiro atoms. The number of amides is 1. The topological polar surface area (TPSA) is 42.0 Å². The van der Waals surface area contributed by atoms with E-state index in [1.54, 1.807) is 6.20 Å². The number of hydrogen-bond acceptors (Lipinski definition) is 3. The van der Waals surface area contributed by atoms with Gasteiger partial charge in [0.2, 0.25) is 5.91 Å². The van der Waals surface area contributed by atoms with Crippen LogP contribution in [-0.4, -0.2) is 16.8 Å². The fraction of sp³-hybridized carbons (Fsp3) is 0.200. The largest absolute Gasteiger partial charge is 0.301 e. The molecule has 1 amide bonds. The number of nitrogens with zero attached hydrogens (tertiary/aromatic N) is 1. The molecule has 1 aromatic rings. The molecule has 0 unspecified atom stereocenters. The third-order valence-electron chi connectivity index (χ3n) is 0.845. The first-order valence-corrected chi connectivity index (χ1v) is 4.84. The molecule has 0 aliphatic heterocycles. The van der Waals surface area contributed by atoms with Crippen LogP contribution in [0.3, 0.4) is 0 Å². The zero-order chi connectivity index (χ0) is 8.27. The van der Waals surface area contributed by atoms with Crippen LogP contribution in [0.5, 0.6) is 0 Å². The number of nitrogens with one attached hydrogen (secondary N) is 1. The number of aromatic nitrogens is 1. The average Bonchev–Trinajstić information content (AvgIpc) is 2.35. The standard InChI is InChI=1S/C5H4BrClN2OS/c6-3-2-8-5(11-3)9-4(10)1-7/h2H,1H2,(H,8,9,10). The molecule has 0 aliphatic carbocycles. The maximum absolute atomic E-state index is 10.7.